The van der Waals surface area contributed by atoms with Gasteiger partial charge < -0.3 is 79.5 Å². The van der Waals surface area contributed by atoms with Crippen LogP contribution in [0.15, 0.2) is 11.6 Å². The van der Waals surface area contributed by atoms with Crippen LogP contribution in [0.1, 0.15) is 107 Å². The van der Waals surface area contributed by atoms with Crippen molar-refractivity contribution < 1.29 is 93.9 Å². The highest BCUT2D eigenvalue weighted by Crippen LogP contribution is 2.76. The number of rotatable bonds is 10. The number of hydrogen-bond donors (Lipinski definition) is 10. The Balaban J connectivity index is 1.21. The molecule has 7 aliphatic rings. The fraction of sp³-hybridized carbons (Fsp3) is 0.894. The van der Waals surface area contributed by atoms with E-state index in [4.69, 9.17) is 28.4 Å². The van der Waals surface area contributed by atoms with Crippen LogP contribution in [0.4, 0.5) is 0 Å². The van der Waals surface area contributed by atoms with Crippen LogP contribution in [-0.2, 0) is 42.8 Å². The monoisotopic (exact) mass is 942 g/mol. The lowest BCUT2D eigenvalue weighted by molar-refractivity contribution is -0.374. The summed E-state index contributed by atoms with van der Waals surface area (Å²) in [4.78, 5) is 37.9. The molecule has 6 fully saturated rings. The number of allylic oxidation sites excluding steroid dienone is 1. The van der Waals surface area contributed by atoms with Gasteiger partial charge in [0.15, 0.2) is 24.8 Å². The smallest absolute Gasteiger partial charge is 0.335 e. The summed E-state index contributed by atoms with van der Waals surface area (Å²) in [6, 6.07) is 0. The quantitative estimate of drug-likeness (QED) is 0.0800. The van der Waals surface area contributed by atoms with Gasteiger partial charge in [0.2, 0.25) is 0 Å². The zero-order chi connectivity index (χ0) is 49.0. The van der Waals surface area contributed by atoms with Gasteiger partial charge in [0, 0.05) is 24.2 Å². The van der Waals surface area contributed by atoms with Crippen LogP contribution >= 0.6 is 0 Å². The van der Waals surface area contributed by atoms with E-state index in [1.807, 2.05) is 34.6 Å². The molecule has 66 heavy (non-hydrogen) atoms. The lowest BCUT2D eigenvalue weighted by Crippen LogP contribution is -2.76. The summed E-state index contributed by atoms with van der Waals surface area (Å²) in [5, 5.41) is 110. The topological polar surface area (TPSA) is 309 Å². The maximum Gasteiger partial charge on any atom is 0.335 e. The second-order valence-corrected chi connectivity index (χ2v) is 22.4. The Morgan fingerprint density at radius 3 is 2.02 bits per heavy atom. The minimum atomic E-state index is -2.01. The standard InChI is InChI=1S/C47H74O19/c1-10-27(51)64-37-38(61-20(2)50)47(19-49)22(17-42(37,3)4)21-11-12-25-44(7)15-14-26(43(5,6)24(44)13-16-45(25,8)46(21,9)35(57)36(47)58)63-41-34(31(55)30(54)33(65-41)39(59)60)66-40-32(56)29(53)28(52)23(18-48)62-40/h11,22-26,28-38,40-41,48-49,52-58H,10,12-19H2,1-9H3,(H,59,60)/t22-,23+,24-,25+,26-,28+,29-,30-,31-,32+,33-,34+,35-,36+,37-,38-,40-,41+,44-,45+,46-,47-/m0/s1. The molecule has 19 nitrogen and oxygen atoms in total. The third-order valence-corrected chi connectivity index (χ3v) is 18.5. The zero-order valence-corrected chi connectivity index (χ0v) is 39.5. The van der Waals surface area contributed by atoms with Crippen molar-refractivity contribution >= 4 is 17.9 Å². The van der Waals surface area contributed by atoms with Crippen molar-refractivity contribution in [2.75, 3.05) is 13.2 Å². The lowest BCUT2D eigenvalue weighted by atomic mass is 9.32. The van der Waals surface area contributed by atoms with Gasteiger partial charge in [0.05, 0.1) is 36.9 Å². The van der Waals surface area contributed by atoms with Crippen molar-refractivity contribution in [1.29, 1.82) is 0 Å². The third-order valence-electron chi connectivity index (χ3n) is 18.5. The van der Waals surface area contributed by atoms with Crippen LogP contribution < -0.4 is 0 Å². The van der Waals surface area contributed by atoms with Gasteiger partial charge in [-0.25, -0.2) is 4.79 Å². The number of carbonyl (C=O) groups is 3. The molecule has 0 spiro atoms. The van der Waals surface area contributed by atoms with E-state index in [1.165, 1.54) is 6.92 Å². The van der Waals surface area contributed by atoms with E-state index in [9.17, 15) is 65.4 Å². The van der Waals surface area contributed by atoms with Crippen LogP contribution in [-0.4, -0.2) is 174 Å². The van der Waals surface area contributed by atoms with Crippen molar-refractivity contribution in [3.05, 3.63) is 11.6 Å². The summed E-state index contributed by atoms with van der Waals surface area (Å²) in [6.07, 6.45) is -18.4. The second-order valence-electron chi connectivity index (χ2n) is 22.4. The second kappa shape index (κ2) is 17.8. The summed E-state index contributed by atoms with van der Waals surface area (Å²) in [5.74, 6) is -3.49. The highest BCUT2D eigenvalue weighted by molar-refractivity contribution is 5.73. The van der Waals surface area contributed by atoms with Gasteiger partial charge in [0.1, 0.15) is 48.8 Å². The normalized spacial score (nSPS) is 50.6. The van der Waals surface area contributed by atoms with E-state index in [2.05, 4.69) is 19.9 Å². The first-order valence-electron chi connectivity index (χ1n) is 23.6. The molecule has 19 heteroatoms. The van der Waals surface area contributed by atoms with Crippen molar-refractivity contribution in [1.82, 2.24) is 0 Å². The fourth-order valence-electron chi connectivity index (χ4n) is 14.7. The molecule has 2 heterocycles. The Hall–Kier alpha value is -2.37. The Morgan fingerprint density at radius 1 is 0.758 bits per heavy atom. The molecule has 0 unspecified atom stereocenters. The van der Waals surface area contributed by atoms with E-state index in [0.29, 0.717) is 38.5 Å². The van der Waals surface area contributed by atoms with Crippen LogP contribution in [0.25, 0.3) is 0 Å². The number of aliphatic hydroxyl groups excluding tert-OH is 9. The summed E-state index contributed by atoms with van der Waals surface area (Å²) < 4.78 is 35.9. The molecular formula is C47H74O19. The van der Waals surface area contributed by atoms with Gasteiger partial charge >= 0.3 is 17.9 Å². The number of ether oxygens (including phenoxy) is 6. The van der Waals surface area contributed by atoms with E-state index >= 15 is 0 Å². The van der Waals surface area contributed by atoms with Gasteiger partial charge in [-0.2, -0.15) is 0 Å². The van der Waals surface area contributed by atoms with Gasteiger partial charge in [0.25, 0.3) is 0 Å². The SMILES string of the molecule is CCC(=O)O[C@H]1[C@H](OC(C)=O)[C@]2(CO)[C@H](O)[C@H](O)[C@]3(C)C(=CC[C@@H]4[C@@]5(C)CC[C@H](O[C@@H]6O[C@H](C(=O)O)[C@@H](O)[C@H](O)[C@H]6O[C@@H]6O[C@H](CO)[C@@H](O)[C@H](O)[C@H]6O)C(C)(C)[C@@H]5CC[C@]43C)[C@@H]2CC1(C)C. The molecular weight excluding hydrogens is 868 g/mol. The highest BCUT2D eigenvalue weighted by atomic mass is 16.8. The number of fused-ring (bicyclic) bond motifs is 7. The molecule has 0 amide bonds. The van der Waals surface area contributed by atoms with E-state index < -0.39 is 161 Å². The van der Waals surface area contributed by atoms with Crippen molar-refractivity contribution in [3.8, 4) is 0 Å². The Kier molecular flexibility index (Phi) is 13.9. The molecule has 0 aromatic carbocycles. The van der Waals surface area contributed by atoms with E-state index in [0.717, 1.165) is 5.57 Å². The fourth-order valence-corrected chi connectivity index (χ4v) is 14.7. The van der Waals surface area contributed by atoms with E-state index in [-0.39, 0.29) is 18.3 Å². The van der Waals surface area contributed by atoms with Gasteiger partial charge in [-0.3, -0.25) is 9.59 Å². The molecule has 4 saturated carbocycles. The van der Waals surface area contributed by atoms with Crippen LogP contribution in [0.5, 0.6) is 0 Å². The summed E-state index contributed by atoms with van der Waals surface area (Å²) in [5.41, 5.74) is -4.30. The third kappa shape index (κ3) is 7.51. The summed E-state index contributed by atoms with van der Waals surface area (Å²) >= 11 is 0. The van der Waals surface area contributed by atoms with Crippen LogP contribution in [0.3, 0.4) is 0 Å². The molecule has 2 saturated heterocycles. The molecule has 7 rings (SSSR count). The number of carboxylic acids is 1. The lowest BCUT2D eigenvalue weighted by Gasteiger charge is -2.73. The highest BCUT2D eigenvalue weighted by Gasteiger charge is 2.76. The average molecular weight is 943 g/mol. The molecule has 0 aromatic rings. The number of esters is 2. The van der Waals surface area contributed by atoms with Crippen molar-refractivity contribution in [3.63, 3.8) is 0 Å². The minimum Gasteiger partial charge on any atom is -0.479 e. The van der Waals surface area contributed by atoms with Crippen molar-refractivity contribution in [2.24, 2.45) is 50.2 Å². The largest absolute Gasteiger partial charge is 0.479 e. The Labute approximate surface area is 385 Å². The molecule has 22 atom stereocenters. The maximum absolute atomic E-state index is 12.8. The van der Waals surface area contributed by atoms with Gasteiger partial charge in [-0.15, -0.1) is 0 Å². The Morgan fingerprint density at radius 2 is 1.42 bits per heavy atom. The predicted molar refractivity (Wildman–Crippen MR) is 227 cm³/mol. The molecule has 0 aromatic heterocycles. The first-order valence-corrected chi connectivity index (χ1v) is 23.6. The molecule has 10 N–H and O–H groups in total. The summed E-state index contributed by atoms with van der Waals surface area (Å²) in [7, 11) is 0. The molecule has 0 bridgehead atoms. The minimum absolute atomic E-state index is 0.0554. The van der Waals surface area contributed by atoms with Crippen LogP contribution in [0, 0.1) is 50.2 Å². The number of aliphatic carboxylic acids is 1. The Bertz CT molecular complexity index is 1870. The van der Waals surface area contributed by atoms with Crippen molar-refractivity contribution in [2.45, 2.75) is 199 Å². The maximum atomic E-state index is 12.8. The van der Waals surface area contributed by atoms with Gasteiger partial charge in [-0.05, 0) is 72.5 Å². The molecule has 0 radical (unpaired) electrons. The zero-order valence-electron chi connectivity index (χ0n) is 39.5. The first kappa shape index (κ1) is 51.5. The molecule has 376 valence electrons. The molecule has 5 aliphatic carbocycles. The predicted octanol–water partition coefficient (Wildman–Crippen LogP) is 0.297. The van der Waals surface area contributed by atoms with E-state index in [1.54, 1.807) is 6.92 Å². The number of carbonyl (C=O) groups excluding carboxylic acids is 2. The van der Waals surface area contributed by atoms with Crippen LogP contribution in [0.2, 0.25) is 0 Å². The van der Waals surface area contributed by atoms with Gasteiger partial charge in [-0.1, -0.05) is 67.0 Å². The average Bonchev–Trinajstić information content (AvgIpc) is 3.24. The number of carboxylic acid groups (broad SMARTS) is 1. The summed E-state index contributed by atoms with van der Waals surface area (Å²) in [6.45, 7) is 15.8. The number of hydrogen-bond acceptors (Lipinski definition) is 18. The molecule has 2 aliphatic heterocycles. The first-order chi connectivity index (χ1) is 30.6. The number of aliphatic hydroxyl groups is 9.